The van der Waals surface area contributed by atoms with Crippen molar-refractivity contribution in [2.45, 2.75) is 0 Å². The molecule has 0 aliphatic rings. The molecule has 0 spiro atoms. The summed E-state index contributed by atoms with van der Waals surface area (Å²) in [5.74, 6) is -1.66. The third-order valence-corrected chi connectivity index (χ3v) is 2.59. The number of amides is 1. The molecular formula is C9H5FN4O3S. The van der Waals surface area contributed by atoms with Gasteiger partial charge >= 0.3 is 0 Å². The van der Waals surface area contributed by atoms with Crippen molar-refractivity contribution < 1.29 is 14.1 Å². The average Bonchev–Trinajstić information content (AvgIpc) is 2.81. The van der Waals surface area contributed by atoms with Crippen molar-refractivity contribution in [1.82, 2.24) is 10.2 Å². The van der Waals surface area contributed by atoms with Crippen LogP contribution in [0.1, 0.15) is 10.4 Å². The highest BCUT2D eigenvalue weighted by molar-refractivity contribution is 7.13. The van der Waals surface area contributed by atoms with Crippen molar-refractivity contribution in [3.8, 4) is 0 Å². The van der Waals surface area contributed by atoms with E-state index < -0.39 is 22.2 Å². The van der Waals surface area contributed by atoms with Crippen LogP contribution in [0.25, 0.3) is 0 Å². The Morgan fingerprint density at radius 1 is 1.50 bits per heavy atom. The molecule has 0 fully saturated rings. The highest BCUT2D eigenvalue weighted by Gasteiger charge is 2.17. The van der Waals surface area contributed by atoms with Gasteiger partial charge < -0.3 is 0 Å². The lowest BCUT2D eigenvalue weighted by atomic mass is 10.2. The summed E-state index contributed by atoms with van der Waals surface area (Å²) in [4.78, 5) is 21.5. The molecule has 0 aliphatic heterocycles. The second-order valence-electron chi connectivity index (χ2n) is 3.12. The van der Waals surface area contributed by atoms with Gasteiger partial charge in [-0.05, 0) is 6.07 Å². The topological polar surface area (TPSA) is 98.0 Å². The molecule has 0 unspecified atom stereocenters. The highest BCUT2D eigenvalue weighted by Crippen LogP contribution is 2.18. The number of nitrogens with zero attached hydrogens (tertiary/aromatic N) is 3. The zero-order chi connectivity index (χ0) is 13.1. The predicted octanol–water partition coefficient (Wildman–Crippen LogP) is 1.84. The van der Waals surface area contributed by atoms with Gasteiger partial charge in [-0.1, -0.05) is 11.3 Å². The molecule has 1 aromatic carbocycles. The van der Waals surface area contributed by atoms with Crippen LogP contribution in [0.4, 0.5) is 15.2 Å². The zero-order valence-corrected chi connectivity index (χ0v) is 9.48. The Morgan fingerprint density at radius 2 is 2.28 bits per heavy atom. The molecule has 0 radical (unpaired) electrons. The molecule has 0 atom stereocenters. The summed E-state index contributed by atoms with van der Waals surface area (Å²) >= 11 is 1.05. The van der Waals surface area contributed by atoms with Crippen molar-refractivity contribution >= 4 is 28.1 Å². The minimum atomic E-state index is -0.845. The quantitative estimate of drug-likeness (QED) is 0.676. The Balaban J connectivity index is 2.29. The van der Waals surface area contributed by atoms with Crippen molar-refractivity contribution in [3.63, 3.8) is 0 Å². The van der Waals surface area contributed by atoms with E-state index in [0.717, 1.165) is 29.5 Å². The first kappa shape index (κ1) is 12.0. The minimum absolute atomic E-state index is 0.186. The van der Waals surface area contributed by atoms with E-state index in [9.17, 15) is 19.3 Å². The van der Waals surface area contributed by atoms with Gasteiger partial charge in [0.25, 0.3) is 11.6 Å². The standard InChI is InChI=1S/C9H5FN4O3S/c10-7-2-1-5(14(16)17)3-6(7)8(15)12-9-13-11-4-18-9/h1-4H,(H,12,13,15). The summed E-state index contributed by atoms with van der Waals surface area (Å²) in [6.07, 6.45) is 0. The van der Waals surface area contributed by atoms with Gasteiger partial charge in [0.1, 0.15) is 11.3 Å². The van der Waals surface area contributed by atoms with Crippen LogP contribution in [0.3, 0.4) is 0 Å². The Morgan fingerprint density at radius 3 is 2.89 bits per heavy atom. The number of nitro benzene ring substituents is 1. The maximum atomic E-state index is 13.4. The zero-order valence-electron chi connectivity index (χ0n) is 8.66. The third kappa shape index (κ3) is 2.46. The number of aromatic nitrogens is 2. The first-order valence-corrected chi connectivity index (χ1v) is 5.47. The van der Waals surface area contributed by atoms with E-state index in [1.165, 1.54) is 5.51 Å². The van der Waals surface area contributed by atoms with Gasteiger partial charge in [0, 0.05) is 12.1 Å². The van der Waals surface area contributed by atoms with E-state index in [2.05, 4.69) is 15.5 Å². The van der Waals surface area contributed by atoms with Crippen LogP contribution in [-0.4, -0.2) is 21.0 Å². The first-order chi connectivity index (χ1) is 8.58. The van der Waals surface area contributed by atoms with Crippen molar-refractivity contribution in [2.24, 2.45) is 0 Å². The second-order valence-corrected chi connectivity index (χ2v) is 3.95. The molecule has 0 bridgehead atoms. The number of anilines is 1. The molecule has 0 saturated heterocycles. The Kier molecular flexibility index (Phi) is 3.24. The summed E-state index contributed by atoms with van der Waals surface area (Å²) in [6.45, 7) is 0. The molecule has 18 heavy (non-hydrogen) atoms. The third-order valence-electron chi connectivity index (χ3n) is 1.99. The lowest BCUT2D eigenvalue weighted by molar-refractivity contribution is -0.384. The van der Waals surface area contributed by atoms with Gasteiger partial charge in [-0.3, -0.25) is 20.2 Å². The van der Waals surface area contributed by atoms with Crippen LogP contribution in [0.15, 0.2) is 23.7 Å². The van der Waals surface area contributed by atoms with Gasteiger partial charge in [-0.25, -0.2) is 4.39 Å². The van der Waals surface area contributed by atoms with Crippen LogP contribution in [0.5, 0.6) is 0 Å². The lowest BCUT2D eigenvalue weighted by Crippen LogP contribution is -2.14. The number of benzene rings is 1. The maximum absolute atomic E-state index is 13.4. The number of hydrogen-bond acceptors (Lipinski definition) is 6. The number of carbonyl (C=O) groups is 1. The van der Waals surface area contributed by atoms with Gasteiger partial charge in [0.15, 0.2) is 0 Å². The molecule has 2 rings (SSSR count). The number of hydrogen-bond donors (Lipinski definition) is 1. The van der Waals surface area contributed by atoms with Gasteiger partial charge in [-0.15, -0.1) is 10.2 Å². The number of carbonyl (C=O) groups excluding carboxylic acids is 1. The lowest BCUT2D eigenvalue weighted by Gasteiger charge is -2.02. The van der Waals surface area contributed by atoms with Crippen molar-refractivity contribution in [3.05, 3.63) is 45.2 Å². The molecule has 92 valence electrons. The van der Waals surface area contributed by atoms with E-state index >= 15 is 0 Å². The fourth-order valence-corrected chi connectivity index (χ4v) is 1.63. The predicted molar refractivity (Wildman–Crippen MR) is 60.9 cm³/mol. The van der Waals surface area contributed by atoms with E-state index in [1.807, 2.05) is 0 Å². The summed E-state index contributed by atoms with van der Waals surface area (Å²) in [5, 5.41) is 20.0. The maximum Gasteiger partial charge on any atom is 0.270 e. The van der Waals surface area contributed by atoms with Gasteiger partial charge in [0.05, 0.1) is 10.5 Å². The van der Waals surface area contributed by atoms with E-state index in [0.29, 0.717) is 0 Å². The number of rotatable bonds is 3. The van der Waals surface area contributed by atoms with Crippen molar-refractivity contribution in [1.29, 1.82) is 0 Å². The number of non-ortho nitro benzene ring substituents is 1. The molecule has 1 aromatic heterocycles. The van der Waals surface area contributed by atoms with Crippen LogP contribution >= 0.6 is 11.3 Å². The van der Waals surface area contributed by atoms with Gasteiger partial charge in [0.2, 0.25) is 5.13 Å². The summed E-state index contributed by atoms with van der Waals surface area (Å²) in [7, 11) is 0. The Bertz CT molecular complexity index is 602. The average molecular weight is 268 g/mol. The van der Waals surface area contributed by atoms with Crippen LogP contribution in [0, 0.1) is 15.9 Å². The molecule has 0 saturated carbocycles. The molecular weight excluding hydrogens is 263 g/mol. The van der Waals surface area contributed by atoms with Crippen LogP contribution in [0.2, 0.25) is 0 Å². The van der Waals surface area contributed by atoms with Crippen LogP contribution < -0.4 is 5.32 Å². The SMILES string of the molecule is O=C(Nc1nncs1)c1cc([N+](=O)[O-])ccc1F. The molecule has 0 aliphatic carbocycles. The molecule has 9 heteroatoms. The molecule has 1 amide bonds. The Labute approximate surface area is 103 Å². The molecule has 1 N–H and O–H groups in total. The summed E-state index contributed by atoms with van der Waals surface area (Å²) in [6, 6.07) is 2.72. The molecule has 2 aromatic rings. The van der Waals surface area contributed by atoms with E-state index in [1.54, 1.807) is 0 Å². The normalized spacial score (nSPS) is 10.1. The second kappa shape index (κ2) is 4.84. The minimum Gasteiger partial charge on any atom is -0.296 e. The smallest absolute Gasteiger partial charge is 0.270 e. The fraction of sp³-hybridized carbons (Fsp3) is 0. The van der Waals surface area contributed by atoms with Crippen LogP contribution in [-0.2, 0) is 0 Å². The van der Waals surface area contributed by atoms with Crippen molar-refractivity contribution in [2.75, 3.05) is 5.32 Å². The Hall–Kier alpha value is -2.42. The van der Waals surface area contributed by atoms with E-state index in [-0.39, 0.29) is 10.8 Å². The summed E-state index contributed by atoms with van der Waals surface area (Å²) < 4.78 is 13.4. The molecule has 1 heterocycles. The largest absolute Gasteiger partial charge is 0.296 e. The molecule has 7 nitrogen and oxygen atoms in total. The number of halogens is 1. The number of nitrogens with one attached hydrogen (secondary N) is 1. The first-order valence-electron chi connectivity index (χ1n) is 4.59. The monoisotopic (exact) mass is 268 g/mol. The fourth-order valence-electron chi connectivity index (χ4n) is 1.19. The summed E-state index contributed by atoms with van der Waals surface area (Å²) in [5.41, 5.74) is 0.609. The number of nitro groups is 1. The van der Waals surface area contributed by atoms with Gasteiger partial charge in [-0.2, -0.15) is 0 Å². The van der Waals surface area contributed by atoms with E-state index in [4.69, 9.17) is 0 Å². The highest BCUT2D eigenvalue weighted by atomic mass is 32.1.